The molecule has 2 rings (SSSR count). The highest BCUT2D eigenvalue weighted by Gasteiger charge is 2.35. The molecule has 2 saturated heterocycles. The molecule has 0 aromatic heterocycles. The first-order chi connectivity index (χ1) is 8.65. The molecule has 5 heteroatoms. The molecule has 0 radical (unpaired) electrons. The number of likely N-dealkylation sites (tertiary alicyclic amines) is 1. The van der Waals surface area contributed by atoms with E-state index in [2.05, 4.69) is 11.4 Å². The fraction of sp³-hybridized carbons (Fsp3) is 0.846. The van der Waals surface area contributed by atoms with Crippen LogP contribution in [0.15, 0.2) is 0 Å². The summed E-state index contributed by atoms with van der Waals surface area (Å²) in [4.78, 5) is 13.1. The predicted molar refractivity (Wildman–Crippen MR) is 66.8 cm³/mol. The topological polar surface area (TPSA) is 65.4 Å². The van der Waals surface area contributed by atoms with Gasteiger partial charge in [0.1, 0.15) is 5.54 Å². The lowest BCUT2D eigenvalue weighted by Gasteiger charge is -2.38. The van der Waals surface area contributed by atoms with Gasteiger partial charge in [-0.1, -0.05) is 0 Å². The normalized spacial score (nSPS) is 26.9. The van der Waals surface area contributed by atoms with Gasteiger partial charge >= 0.3 is 0 Å². The first kappa shape index (κ1) is 13.3. The highest BCUT2D eigenvalue weighted by molar-refractivity contribution is 5.73. The van der Waals surface area contributed by atoms with Crippen LogP contribution in [-0.2, 0) is 9.53 Å². The molecule has 0 aromatic rings. The number of nitrogens with zero attached hydrogens (tertiary/aromatic N) is 2. The minimum atomic E-state index is -0.474. The van der Waals surface area contributed by atoms with Gasteiger partial charge in [-0.25, -0.2) is 0 Å². The van der Waals surface area contributed by atoms with Gasteiger partial charge in [-0.05, 0) is 25.7 Å². The molecule has 0 saturated carbocycles. The number of carbonyl (C=O) groups excluding carboxylic acids is 1. The van der Waals surface area contributed by atoms with Gasteiger partial charge in [-0.2, -0.15) is 5.26 Å². The van der Waals surface area contributed by atoms with Crippen LogP contribution >= 0.6 is 0 Å². The van der Waals surface area contributed by atoms with E-state index in [1.54, 1.807) is 6.92 Å². The zero-order valence-corrected chi connectivity index (χ0v) is 10.9. The molecule has 5 nitrogen and oxygen atoms in total. The molecular formula is C13H21N3O2. The molecule has 0 bridgehead atoms. The molecule has 1 N–H and O–H groups in total. The summed E-state index contributed by atoms with van der Waals surface area (Å²) in [5, 5.41) is 12.7. The minimum absolute atomic E-state index is 0.0978. The minimum Gasteiger partial charge on any atom is -0.377 e. The molecule has 18 heavy (non-hydrogen) atoms. The fourth-order valence-electron chi connectivity index (χ4n) is 2.65. The zero-order chi connectivity index (χ0) is 13.0. The number of amides is 1. The lowest BCUT2D eigenvalue weighted by molar-refractivity contribution is -0.130. The van der Waals surface area contributed by atoms with Crippen LogP contribution in [0.5, 0.6) is 0 Å². The summed E-state index contributed by atoms with van der Waals surface area (Å²) in [5.41, 5.74) is -0.474. The third-order valence-electron chi connectivity index (χ3n) is 3.97. The summed E-state index contributed by atoms with van der Waals surface area (Å²) in [6.07, 6.45) is 3.85. The van der Waals surface area contributed by atoms with E-state index in [1.165, 1.54) is 0 Å². The Morgan fingerprint density at radius 1 is 1.56 bits per heavy atom. The second kappa shape index (κ2) is 5.68. The molecule has 0 spiro atoms. The van der Waals surface area contributed by atoms with Crippen molar-refractivity contribution in [2.45, 2.75) is 44.2 Å². The van der Waals surface area contributed by atoms with Crippen LogP contribution in [0.2, 0.25) is 0 Å². The summed E-state index contributed by atoms with van der Waals surface area (Å²) >= 11 is 0. The molecule has 2 fully saturated rings. The molecule has 1 amide bonds. The number of hydrogen-bond acceptors (Lipinski definition) is 4. The first-order valence-electron chi connectivity index (χ1n) is 6.69. The second-order valence-corrected chi connectivity index (χ2v) is 5.22. The van der Waals surface area contributed by atoms with Crippen molar-refractivity contribution in [1.82, 2.24) is 10.2 Å². The van der Waals surface area contributed by atoms with Crippen molar-refractivity contribution in [1.29, 1.82) is 5.26 Å². The third-order valence-corrected chi connectivity index (χ3v) is 3.97. The van der Waals surface area contributed by atoms with Gasteiger partial charge in [0.05, 0.1) is 12.2 Å². The highest BCUT2D eigenvalue weighted by Crippen LogP contribution is 2.22. The van der Waals surface area contributed by atoms with Crippen molar-refractivity contribution in [2.24, 2.45) is 0 Å². The van der Waals surface area contributed by atoms with Gasteiger partial charge in [-0.3, -0.25) is 10.1 Å². The van der Waals surface area contributed by atoms with Crippen LogP contribution in [0.25, 0.3) is 0 Å². The Balaban J connectivity index is 1.84. The van der Waals surface area contributed by atoms with Crippen molar-refractivity contribution in [3.8, 4) is 6.07 Å². The number of nitriles is 1. The van der Waals surface area contributed by atoms with Crippen LogP contribution in [0.1, 0.15) is 32.6 Å². The fourth-order valence-corrected chi connectivity index (χ4v) is 2.65. The lowest BCUT2D eigenvalue weighted by Crippen LogP contribution is -2.54. The van der Waals surface area contributed by atoms with Crippen molar-refractivity contribution >= 4 is 5.91 Å². The van der Waals surface area contributed by atoms with Crippen molar-refractivity contribution in [3.05, 3.63) is 0 Å². The van der Waals surface area contributed by atoms with Crippen molar-refractivity contribution < 1.29 is 9.53 Å². The Kier molecular flexibility index (Phi) is 4.20. The smallest absolute Gasteiger partial charge is 0.219 e. The van der Waals surface area contributed by atoms with Gasteiger partial charge in [0.2, 0.25) is 5.91 Å². The van der Waals surface area contributed by atoms with E-state index in [0.717, 1.165) is 26.0 Å². The summed E-state index contributed by atoms with van der Waals surface area (Å²) in [6, 6.07) is 2.40. The van der Waals surface area contributed by atoms with Crippen LogP contribution < -0.4 is 5.32 Å². The molecule has 2 heterocycles. The van der Waals surface area contributed by atoms with E-state index in [1.807, 2.05) is 4.90 Å². The van der Waals surface area contributed by atoms with E-state index < -0.39 is 5.54 Å². The second-order valence-electron chi connectivity index (χ2n) is 5.22. The number of piperidine rings is 1. The number of carbonyl (C=O) groups is 1. The number of ether oxygens (including phenoxy) is 1. The summed E-state index contributed by atoms with van der Waals surface area (Å²) in [6.45, 7) is 4.50. The van der Waals surface area contributed by atoms with Crippen LogP contribution in [0.4, 0.5) is 0 Å². The Morgan fingerprint density at radius 3 is 2.78 bits per heavy atom. The number of nitrogens with one attached hydrogen (secondary N) is 1. The van der Waals surface area contributed by atoms with E-state index in [0.29, 0.717) is 25.9 Å². The zero-order valence-electron chi connectivity index (χ0n) is 10.9. The predicted octanol–water partition coefficient (Wildman–Crippen LogP) is 0.660. The van der Waals surface area contributed by atoms with E-state index in [4.69, 9.17) is 4.74 Å². The number of rotatable bonds is 3. The maximum absolute atomic E-state index is 11.3. The number of hydrogen-bond donors (Lipinski definition) is 1. The van der Waals surface area contributed by atoms with Crippen molar-refractivity contribution in [2.75, 3.05) is 26.2 Å². The molecule has 2 aliphatic rings. The Bertz CT molecular complexity index is 337. The Hall–Kier alpha value is -1.12. The van der Waals surface area contributed by atoms with Gasteiger partial charge in [0.25, 0.3) is 0 Å². The summed E-state index contributed by atoms with van der Waals surface area (Å²) in [7, 11) is 0. The maximum atomic E-state index is 11.3. The van der Waals surface area contributed by atoms with Crippen LogP contribution in [-0.4, -0.2) is 48.7 Å². The van der Waals surface area contributed by atoms with Crippen molar-refractivity contribution in [3.63, 3.8) is 0 Å². The van der Waals surface area contributed by atoms with Crippen LogP contribution in [0, 0.1) is 11.3 Å². The summed E-state index contributed by atoms with van der Waals surface area (Å²) in [5.74, 6) is 0.0978. The average Bonchev–Trinajstić information content (AvgIpc) is 2.90. The standard InChI is InChI=1S/C13H21N3O2/c1-11(17)16-6-4-13(10-14,5-7-16)15-9-12-3-2-8-18-12/h12,15H,2-9H2,1H3. The Morgan fingerprint density at radius 2 is 2.28 bits per heavy atom. The third kappa shape index (κ3) is 3.01. The molecule has 1 atom stereocenters. The molecule has 2 aliphatic heterocycles. The quantitative estimate of drug-likeness (QED) is 0.800. The first-order valence-corrected chi connectivity index (χ1v) is 6.69. The summed E-state index contributed by atoms with van der Waals surface area (Å²) < 4.78 is 5.56. The van der Waals surface area contributed by atoms with Crippen LogP contribution in [0.3, 0.4) is 0 Å². The van der Waals surface area contributed by atoms with E-state index >= 15 is 0 Å². The van der Waals surface area contributed by atoms with E-state index in [9.17, 15) is 10.1 Å². The monoisotopic (exact) mass is 251 g/mol. The van der Waals surface area contributed by atoms with E-state index in [-0.39, 0.29) is 12.0 Å². The maximum Gasteiger partial charge on any atom is 0.219 e. The molecule has 0 aliphatic carbocycles. The van der Waals surface area contributed by atoms with Gasteiger partial charge in [0.15, 0.2) is 0 Å². The molecule has 100 valence electrons. The van der Waals surface area contributed by atoms with Gasteiger partial charge in [0, 0.05) is 33.2 Å². The molecule has 1 unspecified atom stereocenters. The van der Waals surface area contributed by atoms with Gasteiger partial charge < -0.3 is 9.64 Å². The molecular weight excluding hydrogens is 230 g/mol. The molecule has 0 aromatic carbocycles. The SMILES string of the molecule is CC(=O)N1CCC(C#N)(NCC2CCCO2)CC1. The van der Waals surface area contributed by atoms with Gasteiger partial charge in [-0.15, -0.1) is 0 Å². The highest BCUT2D eigenvalue weighted by atomic mass is 16.5. The largest absolute Gasteiger partial charge is 0.377 e. The lowest BCUT2D eigenvalue weighted by atomic mass is 9.88. The average molecular weight is 251 g/mol. The Labute approximate surface area is 108 Å².